The van der Waals surface area contributed by atoms with Gasteiger partial charge in [0.15, 0.2) is 0 Å². The standard InChI is InChI=1S/C15H17N3O3S/c19-15-9-8-14(12-6-7-12)17-18(15)11-10-16-22(20,21)13-4-2-1-3-5-13/h1-5,8-9,12,16H,6-7,10-11H2. The van der Waals surface area contributed by atoms with Gasteiger partial charge in [0.1, 0.15) is 0 Å². The van der Waals surface area contributed by atoms with Crippen LogP contribution < -0.4 is 10.3 Å². The first-order valence-electron chi connectivity index (χ1n) is 7.19. The van der Waals surface area contributed by atoms with E-state index in [0.29, 0.717) is 5.92 Å². The third kappa shape index (κ3) is 3.42. The number of benzene rings is 1. The molecule has 0 saturated heterocycles. The van der Waals surface area contributed by atoms with Gasteiger partial charge < -0.3 is 0 Å². The van der Waals surface area contributed by atoms with Crippen molar-refractivity contribution in [1.82, 2.24) is 14.5 Å². The van der Waals surface area contributed by atoms with E-state index < -0.39 is 10.0 Å². The van der Waals surface area contributed by atoms with Crippen molar-refractivity contribution in [2.45, 2.75) is 30.2 Å². The molecule has 0 unspecified atom stereocenters. The van der Waals surface area contributed by atoms with Crippen LogP contribution in [0.5, 0.6) is 0 Å². The Kier molecular flexibility index (Phi) is 4.08. The largest absolute Gasteiger partial charge is 0.268 e. The summed E-state index contributed by atoms with van der Waals surface area (Å²) in [6.07, 6.45) is 2.21. The molecule has 0 spiro atoms. The van der Waals surface area contributed by atoms with Gasteiger partial charge in [0, 0.05) is 18.5 Å². The van der Waals surface area contributed by atoms with E-state index >= 15 is 0 Å². The van der Waals surface area contributed by atoms with Crippen molar-refractivity contribution in [3.8, 4) is 0 Å². The van der Waals surface area contributed by atoms with Crippen LogP contribution in [-0.4, -0.2) is 24.7 Å². The van der Waals surface area contributed by atoms with Gasteiger partial charge in [0.05, 0.1) is 17.1 Å². The molecule has 0 aliphatic heterocycles. The molecule has 1 saturated carbocycles. The second kappa shape index (κ2) is 6.02. The van der Waals surface area contributed by atoms with Gasteiger partial charge in [-0.15, -0.1) is 0 Å². The molecule has 0 atom stereocenters. The summed E-state index contributed by atoms with van der Waals surface area (Å²) >= 11 is 0. The SMILES string of the molecule is O=c1ccc(C2CC2)nn1CCNS(=O)(=O)c1ccccc1. The summed E-state index contributed by atoms with van der Waals surface area (Å²) in [7, 11) is -3.55. The summed E-state index contributed by atoms with van der Waals surface area (Å²) < 4.78 is 28.0. The Hall–Kier alpha value is -1.99. The van der Waals surface area contributed by atoms with Gasteiger partial charge in [-0.1, -0.05) is 18.2 Å². The van der Waals surface area contributed by atoms with Gasteiger partial charge >= 0.3 is 0 Å². The third-order valence-corrected chi connectivity index (χ3v) is 5.03. The number of hydrogen-bond acceptors (Lipinski definition) is 4. The van der Waals surface area contributed by atoms with E-state index in [1.54, 1.807) is 24.3 Å². The fourth-order valence-corrected chi connectivity index (χ4v) is 3.23. The van der Waals surface area contributed by atoms with Crippen LogP contribution in [0.2, 0.25) is 0 Å². The van der Waals surface area contributed by atoms with E-state index in [1.807, 2.05) is 0 Å². The minimum absolute atomic E-state index is 0.123. The Morgan fingerprint density at radius 2 is 1.86 bits per heavy atom. The lowest BCUT2D eigenvalue weighted by Gasteiger charge is -2.08. The molecule has 1 aromatic heterocycles. The van der Waals surface area contributed by atoms with E-state index in [9.17, 15) is 13.2 Å². The molecule has 6 nitrogen and oxygen atoms in total. The molecule has 3 rings (SSSR count). The van der Waals surface area contributed by atoms with Crippen LogP contribution >= 0.6 is 0 Å². The topological polar surface area (TPSA) is 81.1 Å². The Bertz CT molecular complexity index is 811. The monoisotopic (exact) mass is 319 g/mol. The van der Waals surface area contributed by atoms with Crippen LogP contribution in [0.25, 0.3) is 0 Å². The molecule has 1 aliphatic carbocycles. The predicted molar refractivity (Wildman–Crippen MR) is 82.1 cm³/mol. The number of rotatable bonds is 6. The summed E-state index contributed by atoms with van der Waals surface area (Å²) in [5.41, 5.74) is 0.689. The molecule has 0 radical (unpaired) electrons. The highest BCUT2D eigenvalue weighted by molar-refractivity contribution is 7.89. The van der Waals surface area contributed by atoms with E-state index in [-0.39, 0.29) is 23.5 Å². The fourth-order valence-electron chi connectivity index (χ4n) is 2.19. The lowest BCUT2D eigenvalue weighted by molar-refractivity contribution is 0.541. The minimum Gasteiger partial charge on any atom is -0.268 e. The zero-order valence-electron chi connectivity index (χ0n) is 12.0. The fraction of sp³-hybridized carbons (Fsp3) is 0.333. The van der Waals surface area contributed by atoms with Crippen LogP contribution in [0, 0.1) is 0 Å². The molecule has 0 bridgehead atoms. The van der Waals surface area contributed by atoms with Crippen molar-refractivity contribution < 1.29 is 8.42 Å². The van der Waals surface area contributed by atoms with Gasteiger partial charge in [0.2, 0.25) is 10.0 Å². The Balaban J connectivity index is 1.66. The van der Waals surface area contributed by atoms with Crippen molar-refractivity contribution >= 4 is 10.0 Å². The molecule has 22 heavy (non-hydrogen) atoms. The molecule has 1 heterocycles. The normalized spacial score (nSPS) is 14.9. The molecule has 116 valence electrons. The molecule has 7 heteroatoms. The van der Waals surface area contributed by atoms with Crippen molar-refractivity contribution in [2.75, 3.05) is 6.54 Å². The van der Waals surface area contributed by atoms with Crippen molar-refractivity contribution in [1.29, 1.82) is 0 Å². The highest BCUT2D eigenvalue weighted by Gasteiger charge is 2.25. The van der Waals surface area contributed by atoms with Crippen molar-refractivity contribution in [2.24, 2.45) is 0 Å². The van der Waals surface area contributed by atoms with Crippen molar-refractivity contribution in [3.05, 3.63) is 58.5 Å². The summed E-state index contributed by atoms with van der Waals surface area (Å²) in [5, 5.41) is 4.30. The van der Waals surface area contributed by atoms with Crippen LogP contribution in [0.1, 0.15) is 24.5 Å². The second-order valence-electron chi connectivity index (χ2n) is 5.30. The average molecular weight is 319 g/mol. The van der Waals surface area contributed by atoms with Crippen LogP contribution in [0.15, 0.2) is 52.2 Å². The molecule has 1 N–H and O–H groups in total. The third-order valence-electron chi connectivity index (χ3n) is 3.55. The lowest BCUT2D eigenvalue weighted by atomic mass is 10.3. The number of hydrogen-bond donors (Lipinski definition) is 1. The molecular formula is C15H17N3O3S. The maximum absolute atomic E-state index is 12.1. The maximum atomic E-state index is 12.1. The average Bonchev–Trinajstić information content (AvgIpc) is 3.35. The van der Waals surface area contributed by atoms with Gasteiger partial charge in [-0.25, -0.2) is 17.8 Å². The molecular weight excluding hydrogens is 302 g/mol. The van der Waals surface area contributed by atoms with E-state index in [0.717, 1.165) is 18.5 Å². The first kappa shape index (κ1) is 14.9. The van der Waals surface area contributed by atoms with Crippen molar-refractivity contribution in [3.63, 3.8) is 0 Å². The van der Waals surface area contributed by atoms with Gasteiger partial charge in [-0.3, -0.25) is 4.79 Å². The van der Waals surface area contributed by atoms with E-state index in [4.69, 9.17) is 0 Å². The molecule has 1 aliphatic rings. The zero-order chi connectivity index (χ0) is 15.6. The lowest BCUT2D eigenvalue weighted by Crippen LogP contribution is -2.32. The number of nitrogens with zero attached hydrogens (tertiary/aromatic N) is 2. The van der Waals surface area contributed by atoms with Gasteiger partial charge in [-0.05, 0) is 31.0 Å². The Morgan fingerprint density at radius 3 is 2.55 bits per heavy atom. The zero-order valence-corrected chi connectivity index (χ0v) is 12.8. The van der Waals surface area contributed by atoms with Crippen LogP contribution in [-0.2, 0) is 16.6 Å². The number of aromatic nitrogens is 2. The minimum atomic E-state index is -3.55. The Labute approximate surface area is 128 Å². The van der Waals surface area contributed by atoms with E-state index in [1.165, 1.54) is 22.9 Å². The molecule has 1 aromatic carbocycles. The summed E-state index contributed by atoms with van der Waals surface area (Å²) in [6.45, 7) is 0.337. The first-order chi connectivity index (χ1) is 10.6. The second-order valence-corrected chi connectivity index (χ2v) is 7.07. The van der Waals surface area contributed by atoms with E-state index in [2.05, 4.69) is 9.82 Å². The highest BCUT2D eigenvalue weighted by atomic mass is 32.2. The van der Waals surface area contributed by atoms with Crippen LogP contribution in [0.4, 0.5) is 0 Å². The Morgan fingerprint density at radius 1 is 1.14 bits per heavy atom. The summed E-state index contributed by atoms with van der Waals surface area (Å²) in [6, 6.07) is 11.4. The maximum Gasteiger partial charge on any atom is 0.266 e. The summed E-state index contributed by atoms with van der Waals surface area (Å²) in [4.78, 5) is 12.0. The van der Waals surface area contributed by atoms with Gasteiger partial charge in [-0.2, -0.15) is 5.10 Å². The molecule has 1 fully saturated rings. The highest BCUT2D eigenvalue weighted by Crippen LogP contribution is 2.38. The van der Waals surface area contributed by atoms with Gasteiger partial charge in [0.25, 0.3) is 5.56 Å². The predicted octanol–water partition coefficient (Wildman–Crippen LogP) is 1.10. The number of nitrogens with one attached hydrogen (secondary N) is 1. The number of sulfonamides is 1. The quantitative estimate of drug-likeness (QED) is 0.864. The molecule has 2 aromatic rings. The van der Waals surface area contributed by atoms with Crippen LogP contribution in [0.3, 0.4) is 0 Å². The smallest absolute Gasteiger partial charge is 0.266 e. The summed E-state index contributed by atoms with van der Waals surface area (Å²) in [5.74, 6) is 0.452. The molecule has 0 amide bonds. The first-order valence-corrected chi connectivity index (χ1v) is 8.67.